The summed E-state index contributed by atoms with van der Waals surface area (Å²) < 4.78 is 4.80. The van der Waals surface area contributed by atoms with Crippen molar-refractivity contribution in [3.8, 4) is 27.9 Å². The van der Waals surface area contributed by atoms with Gasteiger partial charge in [-0.25, -0.2) is 9.98 Å². The van der Waals surface area contributed by atoms with Gasteiger partial charge in [-0.1, -0.05) is 141 Å². The normalized spacial score (nSPS) is 13.6. The highest BCUT2D eigenvalue weighted by atomic mass is 32.1. The number of aromatic nitrogens is 1. The van der Waals surface area contributed by atoms with Crippen LogP contribution in [0.25, 0.3) is 69.9 Å². The monoisotopic (exact) mass is 788 g/mol. The Balaban J connectivity index is 1.17. The molecule has 60 heavy (non-hydrogen) atoms. The molecule has 0 amide bonds. The molecule has 0 aliphatic heterocycles. The number of aliphatic imine (C=N–C) groups is 3. The minimum absolute atomic E-state index is 0.109. The third-order valence-corrected chi connectivity index (χ3v) is 13.4. The lowest BCUT2D eigenvalue weighted by molar-refractivity contribution is 0.661. The van der Waals surface area contributed by atoms with Gasteiger partial charge in [0.15, 0.2) is 11.7 Å². The first-order valence-electron chi connectivity index (χ1n) is 20.4. The van der Waals surface area contributed by atoms with Crippen molar-refractivity contribution in [1.82, 2.24) is 4.57 Å². The van der Waals surface area contributed by atoms with Crippen molar-refractivity contribution >= 4 is 71.7 Å². The topological polar surface area (TPSA) is 42.0 Å². The summed E-state index contributed by atoms with van der Waals surface area (Å²) in [6, 6.07) is 65.2. The number of thiophene rings is 1. The lowest BCUT2D eigenvalue weighted by Crippen LogP contribution is -2.14. The Labute approximate surface area is 353 Å². The Kier molecular flexibility index (Phi) is 8.54. The number of hydrogen-bond donors (Lipinski definition) is 0. The van der Waals surface area contributed by atoms with Gasteiger partial charge in [0.05, 0.1) is 17.6 Å². The maximum Gasteiger partial charge on any atom is 0.161 e. The molecule has 2 aromatic heterocycles. The van der Waals surface area contributed by atoms with E-state index in [9.17, 15) is 0 Å². The van der Waals surface area contributed by atoms with Gasteiger partial charge in [-0.2, -0.15) is 0 Å². The third kappa shape index (κ3) is 5.84. The predicted octanol–water partition coefficient (Wildman–Crippen LogP) is 14.2. The van der Waals surface area contributed by atoms with Crippen molar-refractivity contribution in [1.29, 1.82) is 0 Å². The van der Waals surface area contributed by atoms with Crippen LogP contribution in [0.3, 0.4) is 0 Å². The third-order valence-electron chi connectivity index (χ3n) is 12.2. The quantitative estimate of drug-likeness (QED) is 0.119. The van der Waals surface area contributed by atoms with Crippen LogP contribution in [-0.2, 0) is 12.0 Å². The van der Waals surface area contributed by atoms with Crippen LogP contribution < -0.4 is 0 Å². The second-order valence-corrected chi connectivity index (χ2v) is 17.1. The van der Waals surface area contributed by atoms with Gasteiger partial charge in [0.25, 0.3) is 0 Å². The molecule has 0 N–H and O–H groups in total. The molecular weight excluding hydrogens is 749 g/mol. The fraction of sp³-hybridized carbons (Fsp3) is 0.0727. The van der Waals surface area contributed by atoms with E-state index in [1.165, 1.54) is 59.5 Å². The SMILES string of the molecule is C=N/C(=N\C(=N/Cc1ccccc1)c1cc(-c2ccc3c(c2)c2cc4c(cc2n3-c2ccccc2)C(C)(C)c2ccccc2-4)cc2c1sc1ccccc12)c1ccccc1. The molecule has 11 rings (SSSR count). The van der Waals surface area contributed by atoms with E-state index in [-0.39, 0.29) is 5.41 Å². The van der Waals surface area contributed by atoms with Crippen molar-refractivity contribution in [2.75, 3.05) is 0 Å². The molecule has 0 saturated carbocycles. The minimum Gasteiger partial charge on any atom is -0.309 e. The van der Waals surface area contributed by atoms with Crippen molar-refractivity contribution in [2.24, 2.45) is 15.0 Å². The molecule has 0 spiro atoms. The Morgan fingerprint density at radius 2 is 1.25 bits per heavy atom. The van der Waals surface area contributed by atoms with E-state index in [1.54, 1.807) is 11.3 Å². The van der Waals surface area contributed by atoms with E-state index in [2.05, 4.69) is 176 Å². The number of para-hydroxylation sites is 1. The Hall–Kier alpha value is -7.21. The van der Waals surface area contributed by atoms with E-state index >= 15 is 0 Å². The highest BCUT2D eigenvalue weighted by molar-refractivity contribution is 7.26. The molecule has 1 aliphatic rings. The van der Waals surface area contributed by atoms with Gasteiger partial charge in [-0.15, -0.1) is 11.3 Å². The van der Waals surface area contributed by atoms with E-state index in [1.807, 2.05) is 36.4 Å². The second-order valence-electron chi connectivity index (χ2n) is 16.1. The van der Waals surface area contributed by atoms with Gasteiger partial charge in [0, 0.05) is 53.2 Å². The zero-order valence-corrected chi connectivity index (χ0v) is 34.2. The first kappa shape index (κ1) is 35.9. The van der Waals surface area contributed by atoms with Crippen LogP contribution >= 0.6 is 11.3 Å². The summed E-state index contributed by atoms with van der Waals surface area (Å²) in [7, 11) is 0. The number of fused-ring (bicyclic) bond motifs is 9. The van der Waals surface area contributed by atoms with Crippen LogP contribution in [0.5, 0.6) is 0 Å². The summed E-state index contributed by atoms with van der Waals surface area (Å²) in [5, 5.41) is 4.85. The van der Waals surface area contributed by atoms with Gasteiger partial charge >= 0.3 is 0 Å². The molecule has 2 heterocycles. The fourth-order valence-corrected chi connectivity index (χ4v) is 10.4. The fourth-order valence-electron chi connectivity index (χ4n) is 9.22. The van der Waals surface area contributed by atoms with Crippen LogP contribution in [0.1, 0.15) is 41.7 Å². The summed E-state index contributed by atoms with van der Waals surface area (Å²) in [4.78, 5) is 14.9. The second kappa shape index (κ2) is 14.3. The number of benzene rings is 8. The van der Waals surface area contributed by atoms with Gasteiger partial charge < -0.3 is 4.57 Å². The summed E-state index contributed by atoms with van der Waals surface area (Å²) in [5.74, 6) is 1.16. The van der Waals surface area contributed by atoms with Gasteiger partial charge in [0.2, 0.25) is 0 Å². The van der Waals surface area contributed by atoms with Gasteiger partial charge in [0.1, 0.15) is 0 Å². The molecule has 1 aliphatic carbocycles. The number of rotatable bonds is 6. The number of nitrogens with zero attached hydrogens (tertiary/aromatic N) is 4. The van der Waals surface area contributed by atoms with Crippen molar-refractivity contribution < 1.29 is 0 Å². The van der Waals surface area contributed by atoms with E-state index in [4.69, 9.17) is 9.98 Å². The van der Waals surface area contributed by atoms with Crippen LogP contribution in [0.15, 0.2) is 197 Å². The standard InChI is InChI=1S/C55H40N4S/c1-55(2)47-25-15-13-23-40(47)42-32-44-43-29-37(27-28-49(43)59(50(44)33-48(42)55)39-21-11-6-12-22-39)38-30-45-41-24-14-16-26-51(41)60-52(45)46(31-38)54(57-34-35-17-7-4-8-18-35)58-53(56-3)36-19-9-5-10-20-36/h4-33H,3,34H2,1-2H3/b57-54-,58-53-. The highest BCUT2D eigenvalue weighted by Gasteiger charge is 2.36. The summed E-state index contributed by atoms with van der Waals surface area (Å²) in [5.41, 5.74) is 14.0. The molecule has 8 aromatic carbocycles. The van der Waals surface area contributed by atoms with Crippen molar-refractivity contribution in [2.45, 2.75) is 25.8 Å². The molecule has 0 saturated heterocycles. The van der Waals surface area contributed by atoms with Crippen LogP contribution in [0.4, 0.5) is 0 Å². The smallest absolute Gasteiger partial charge is 0.161 e. The molecule has 286 valence electrons. The number of hydrogen-bond acceptors (Lipinski definition) is 2. The largest absolute Gasteiger partial charge is 0.309 e. The maximum atomic E-state index is 5.27. The Bertz CT molecular complexity index is 3370. The lowest BCUT2D eigenvalue weighted by atomic mass is 9.82. The number of amidine groups is 2. The van der Waals surface area contributed by atoms with Gasteiger partial charge in [-0.3, -0.25) is 4.99 Å². The predicted molar refractivity (Wildman–Crippen MR) is 256 cm³/mol. The molecule has 0 atom stereocenters. The van der Waals surface area contributed by atoms with Crippen LogP contribution in [0.2, 0.25) is 0 Å². The summed E-state index contributed by atoms with van der Waals surface area (Å²) in [6.07, 6.45) is 0. The van der Waals surface area contributed by atoms with E-state index < -0.39 is 0 Å². The van der Waals surface area contributed by atoms with Crippen LogP contribution in [-0.4, -0.2) is 23.0 Å². The van der Waals surface area contributed by atoms with Crippen molar-refractivity contribution in [3.63, 3.8) is 0 Å². The molecule has 5 heteroatoms. The molecule has 0 fully saturated rings. The molecule has 0 bridgehead atoms. The average Bonchev–Trinajstić information content (AvgIpc) is 3.91. The zero-order chi connectivity index (χ0) is 40.4. The van der Waals surface area contributed by atoms with Crippen molar-refractivity contribution in [3.05, 3.63) is 210 Å². The summed E-state index contributed by atoms with van der Waals surface area (Å²) in [6.45, 7) is 9.14. The molecular formula is C55H40N4S. The van der Waals surface area contributed by atoms with E-state index in [0.29, 0.717) is 18.2 Å². The lowest BCUT2D eigenvalue weighted by Gasteiger charge is -2.21. The maximum absolute atomic E-state index is 5.27. The molecule has 0 unspecified atom stereocenters. The highest BCUT2D eigenvalue weighted by Crippen LogP contribution is 2.51. The van der Waals surface area contributed by atoms with E-state index in [0.717, 1.165) is 38.2 Å². The molecule has 0 radical (unpaired) electrons. The Morgan fingerprint density at radius 3 is 2.05 bits per heavy atom. The Morgan fingerprint density at radius 1 is 0.567 bits per heavy atom. The summed E-state index contributed by atoms with van der Waals surface area (Å²) >= 11 is 1.78. The van der Waals surface area contributed by atoms with Crippen LogP contribution in [0, 0.1) is 0 Å². The minimum atomic E-state index is -0.109. The van der Waals surface area contributed by atoms with Gasteiger partial charge in [-0.05, 0) is 100 Å². The first-order chi connectivity index (χ1) is 29.5. The zero-order valence-electron chi connectivity index (χ0n) is 33.4. The molecule has 4 nitrogen and oxygen atoms in total. The molecule has 10 aromatic rings. The first-order valence-corrected chi connectivity index (χ1v) is 21.2. The average molecular weight is 789 g/mol.